The molecule has 2 N–H and O–H groups in total. The third kappa shape index (κ3) is 3.72. The van der Waals surface area contributed by atoms with Crippen molar-refractivity contribution in [1.82, 2.24) is 5.32 Å². The van der Waals surface area contributed by atoms with Gasteiger partial charge >= 0.3 is 5.97 Å². The first-order valence-corrected chi connectivity index (χ1v) is 8.25. The van der Waals surface area contributed by atoms with Crippen molar-refractivity contribution in [1.29, 1.82) is 0 Å². The van der Waals surface area contributed by atoms with Crippen molar-refractivity contribution < 1.29 is 19.4 Å². The molecule has 0 spiro atoms. The first-order chi connectivity index (χ1) is 11.1. The molecule has 4 atom stereocenters. The Morgan fingerprint density at radius 3 is 2.65 bits per heavy atom. The average molecular weight is 317 g/mol. The number of carboxylic acid groups (broad SMARTS) is 1. The number of hydrogen-bond acceptors (Lipinski definition) is 3. The molecule has 5 heteroatoms. The van der Waals surface area contributed by atoms with Gasteiger partial charge in [-0.05, 0) is 31.7 Å². The highest BCUT2D eigenvalue weighted by molar-refractivity contribution is 5.89. The molecule has 1 heterocycles. The second-order valence-electron chi connectivity index (χ2n) is 6.64. The van der Waals surface area contributed by atoms with Crippen LogP contribution in [0.1, 0.15) is 36.5 Å². The standard InChI is InChI=1S/C18H23NO4/c1-11-4-6-12(7-5-11)16-13(3-2-8-23-16)10-19-17(20)14-9-15(14)18(21)22/h4-7,13-16H,2-3,8-10H2,1H3,(H,19,20)(H,21,22)/t13-,14-,15+,16+/m1/s1. The number of rotatable bonds is 5. The zero-order chi connectivity index (χ0) is 16.4. The van der Waals surface area contributed by atoms with Crippen LogP contribution in [0.2, 0.25) is 0 Å². The van der Waals surface area contributed by atoms with E-state index in [1.54, 1.807) is 0 Å². The molecule has 1 amide bonds. The summed E-state index contributed by atoms with van der Waals surface area (Å²) < 4.78 is 5.94. The van der Waals surface area contributed by atoms with Gasteiger partial charge in [0.15, 0.2) is 0 Å². The second kappa shape index (κ2) is 6.71. The van der Waals surface area contributed by atoms with Crippen molar-refractivity contribution in [2.24, 2.45) is 17.8 Å². The number of ether oxygens (including phenoxy) is 1. The summed E-state index contributed by atoms with van der Waals surface area (Å²) in [6, 6.07) is 8.32. The molecule has 124 valence electrons. The Morgan fingerprint density at radius 2 is 2.00 bits per heavy atom. The van der Waals surface area contributed by atoms with Gasteiger partial charge in [-0.1, -0.05) is 29.8 Å². The van der Waals surface area contributed by atoms with Gasteiger partial charge in [-0.15, -0.1) is 0 Å². The van der Waals surface area contributed by atoms with E-state index in [-0.39, 0.29) is 23.8 Å². The lowest BCUT2D eigenvalue weighted by atomic mass is 9.89. The number of benzene rings is 1. The maximum Gasteiger partial charge on any atom is 0.307 e. The Labute approximate surface area is 136 Å². The maximum absolute atomic E-state index is 12.0. The van der Waals surface area contributed by atoms with Crippen molar-refractivity contribution in [3.8, 4) is 0 Å². The van der Waals surface area contributed by atoms with E-state index >= 15 is 0 Å². The number of aryl methyl sites for hydroxylation is 1. The lowest BCUT2D eigenvalue weighted by Gasteiger charge is -2.32. The van der Waals surface area contributed by atoms with E-state index in [1.165, 1.54) is 5.56 Å². The third-order valence-corrected chi connectivity index (χ3v) is 4.83. The minimum absolute atomic E-state index is 0.000811. The largest absolute Gasteiger partial charge is 0.481 e. The molecule has 2 aliphatic rings. The van der Waals surface area contributed by atoms with Gasteiger partial charge in [-0.3, -0.25) is 9.59 Å². The van der Waals surface area contributed by atoms with E-state index in [2.05, 4.69) is 36.5 Å². The first-order valence-electron chi connectivity index (χ1n) is 8.25. The number of carbonyl (C=O) groups is 2. The zero-order valence-corrected chi connectivity index (χ0v) is 13.3. The van der Waals surface area contributed by atoms with Crippen LogP contribution in [0.15, 0.2) is 24.3 Å². The van der Waals surface area contributed by atoms with E-state index in [0.717, 1.165) is 25.0 Å². The van der Waals surface area contributed by atoms with Crippen molar-refractivity contribution in [3.05, 3.63) is 35.4 Å². The van der Waals surface area contributed by atoms with E-state index in [9.17, 15) is 9.59 Å². The molecular formula is C18H23NO4. The van der Waals surface area contributed by atoms with Crippen LogP contribution in [-0.4, -0.2) is 30.1 Å². The monoisotopic (exact) mass is 317 g/mol. The van der Waals surface area contributed by atoms with Crippen LogP contribution in [0.5, 0.6) is 0 Å². The van der Waals surface area contributed by atoms with E-state index in [0.29, 0.717) is 13.0 Å². The third-order valence-electron chi connectivity index (χ3n) is 4.83. The molecule has 0 aromatic heterocycles. The van der Waals surface area contributed by atoms with Gasteiger partial charge in [0, 0.05) is 19.1 Å². The molecule has 1 aromatic rings. The number of carboxylic acids is 1. The molecule has 3 rings (SSSR count). The van der Waals surface area contributed by atoms with E-state index < -0.39 is 11.9 Å². The smallest absolute Gasteiger partial charge is 0.307 e. The summed E-state index contributed by atoms with van der Waals surface area (Å²) in [5, 5.41) is 11.8. The number of amides is 1. The summed E-state index contributed by atoms with van der Waals surface area (Å²) in [6.45, 7) is 3.34. The summed E-state index contributed by atoms with van der Waals surface area (Å²) >= 11 is 0. The molecule has 2 fully saturated rings. The first kappa shape index (κ1) is 16.0. The molecule has 23 heavy (non-hydrogen) atoms. The SMILES string of the molecule is Cc1ccc([C@@H]2OCCC[C@@H]2CNC(=O)[C@@H]2C[C@@H]2C(=O)O)cc1. The zero-order valence-electron chi connectivity index (χ0n) is 13.3. The average Bonchev–Trinajstić information content (AvgIpc) is 3.35. The normalized spacial score (nSPS) is 29.8. The van der Waals surface area contributed by atoms with Crippen LogP contribution in [0.4, 0.5) is 0 Å². The summed E-state index contributed by atoms with van der Waals surface area (Å²) in [4.78, 5) is 22.9. The number of aliphatic carboxylic acids is 1. The van der Waals surface area contributed by atoms with Crippen LogP contribution in [0, 0.1) is 24.7 Å². The molecular weight excluding hydrogens is 294 g/mol. The van der Waals surface area contributed by atoms with Crippen LogP contribution < -0.4 is 5.32 Å². The number of hydrogen-bond donors (Lipinski definition) is 2. The Kier molecular flexibility index (Phi) is 4.66. The summed E-state index contributed by atoms with van der Waals surface area (Å²) in [7, 11) is 0. The quantitative estimate of drug-likeness (QED) is 0.874. The second-order valence-corrected chi connectivity index (χ2v) is 6.64. The Bertz CT molecular complexity index is 583. The van der Waals surface area contributed by atoms with E-state index in [4.69, 9.17) is 9.84 Å². The lowest BCUT2D eigenvalue weighted by Crippen LogP contribution is -2.36. The van der Waals surface area contributed by atoms with Crippen molar-refractivity contribution in [2.45, 2.75) is 32.3 Å². The molecule has 5 nitrogen and oxygen atoms in total. The van der Waals surface area contributed by atoms with Crippen molar-refractivity contribution in [3.63, 3.8) is 0 Å². The van der Waals surface area contributed by atoms with Crippen LogP contribution in [0.25, 0.3) is 0 Å². The molecule has 0 radical (unpaired) electrons. The highest BCUT2D eigenvalue weighted by Crippen LogP contribution is 2.39. The van der Waals surface area contributed by atoms with Crippen molar-refractivity contribution >= 4 is 11.9 Å². The van der Waals surface area contributed by atoms with Gasteiger partial charge in [0.25, 0.3) is 0 Å². The minimum atomic E-state index is -0.872. The van der Waals surface area contributed by atoms with Crippen LogP contribution >= 0.6 is 0 Å². The predicted octanol–water partition coefficient (Wildman–Crippen LogP) is 2.30. The van der Waals surface area contributed by atoms with Gasteiger partial charge in [-0.25, -0.2) is 0 Å². The molecule has 1 aromatic carbocycles. The van der Waals surface area contributed by atoms with Crippen LogP contribution in [-0.2, 0) is 14.3 Å². The van der Waals surface area contributed by atoms with Crippen LogP contribution in [0.3, 0.4) is 0 Å². The van der Waals surface area contributed by atoms with Gasteiger partial charge < -0.3 is 15.2 Å². The fraction of sp³-hybridized carbons (Fsp3) is 0.556. The van der Waals surface area contributed by atoms with Gasteiger partial charge in [0.1, 0.15) is 0 Å². The summed E-state index contributed by atoms with van der Waals surface area (Å²) in [5.41, 5.74) is 2.35. The molecule has 1 aliphatic heterocycles. The highest BCUT2D eigenvalue weighted by atomic mass is 16.5. The lowest BCUT2D eigenvalue weighted by molar-refractivity contribution is -0.140. The fourth-order valence-corrected chi connectivity index (χ4v) is 3.30. The summed E-state index contributed by atoms with van der Waals surface area (Å²) in [6.07, 6.45) is 2.46. The number of nitrogens with one attached hydrogen (secondary N) is 1. The van der Waals surface area contributed by atoms with E-state index in [1.807, 2.05) is 0 Å². The Morgan fingerprint density at radius 1 is 1.26 bits per heavy atom. The molecule has 1 saturated carbocycles. The molecule has 1 saturated heterocycles. The van der Waals surface area contributed by atoms with Crippen molar-refractivity contribution in [2.75, 3.05) is 13.2 Å². The molecule has 0 bridgehead atoms. The minimum Gasteiger partial charge on any atom is -0.481 e. The Hall–Kier alpha value is -1.88. The topological polar surface area (TPSA) is 75.6 Å². The maximum atomic E-state index is 12.0. The predicted molar refractivity (Wildman–Crippen MR) is 84.8 cm³/mol. The van der Waals surface area contributed by atoms with Gasteiger partial charge in [0.05, 0.1) is 17.9 Å². The number of carbonyl (C=O) groups excluding carboxylic acids is 1. The Balaban J connectivity index is 1.58. The molecule has 1 aliphatic carbocycles. The fourth-order valence-electron chi connectivity index (χ4n) is 3.30. The highest BCUT2D eigenvalue weighted by Gasteiger charge is 2.48. The summed E-state index contributed by atoms with van der Waals surface area (Å²) in [5.74, 6) is -1.62. The van der Waals surface area contributed by atoms with Gasteiger partial charge in [-0.2, -0.15) is 0 Å². The molecule has 0 unspecified atom stereocenters. The van der Waals surface area contributed by atoms with Gasteiger partial charge in [0.2, 0.25) is 5.91 Å².